The molecule has 134 valence electrons. The second-order valence-electron chi connectivity index (χ2n) is 6.80. The maximum absolute atomic E-state index is 12.8. The van der Waals surface area contributed by atoms with Crippen LogP contribution < -0.4 is 4.74 Å². The van der Waals surface area contributed by atoms with Gasteiger partial charge in [-0.3, -0.25) is 9.48 Å². The third-order valence-electron chi connectivity index (χ3n) is 5.26. The topological polar surface area (TPSA) is 47.4 Å². The minimum atomic E-state index is 0.178. The molecule has 2 aromatic rings. The van der Waals surface area contributed by atoms with E-state index in [1.54, 1.807) is 7.11 Å². The van der Waals surface area contributed by atoms with Gasteiger partial charge in [0.05, 0.1) is 18.8 Å². The minimum absolute atomic E-state index is 0.178. The standard InChI is InChI=1S/C20H27N3O2/c1-14-20(15(2)22(3)21-14)18-6-5-13-23(18)19(24)12-9-16-7-10-17(25-4)11-8-16/h7-8,10-11,18H,5-6,9,12-13H2,1-4H3/t18-/m0/s1. The van der Waals surface area contributed by atoms with Gasteiger partial charge in [0.2, 0.25) is 5.91 Å². The molecule has 5 heteroatoms. The summed E-state index contributed by atoms with van der Waals surface area (Å²) in [6.07, 6.45) is 3.40. The van der Waals surface area contributed by atoms with E-state index in [1.807, 2.05) is 42.9 Å². The zero-order valence-corrected chi connectivity index (χ0v) is 15.6. The van der Waals surface area contributed by atoms with Crippen LogP contribution >= 0.6 is 0 Å². The SMILES string of the molecule is COc1ccc(CCC(=O)N2CCC[C@H]2c2c(C)nn(C)c2C)cc1. The Morgan fingerprint density at radius 2 is 2.00 bits per heavy atom. The summed E-state index contributed by atoms with van der Waals surface area (Å²) >= 11 is 0. The Balaban J connectivity index is 1.68. The van der Waals surface area contributed by atoms with Crippen molar-refractivity contribution in [3.8, 4) is 5.75 Å². The van der Waals surface area contributed by atoms with Gasteiger partial charge in [-0.2, -0.15) is 5.10 Å². The number of hydrogen-bond donors (Lipinski definition) is 0. The number of benzene rings is 1. The lowest BCUT2D eigenvalue weighted by Crippen LogP contribution is -2.31. The first-order valence-electron chi connectivity index (χ1n) is 8.93. The Bertz CT molecular complexity index is 749. The molecule has 1 saturated heterocycles. The lowest BCUT2D eigenvalue weighted by molar-refractivity contribution is -0.132. The molecule has 0 saturated carbocycles. The number of methoxy groups -OCH3 is 1. The van der Waals surface area contributed by atoms with Crippen LogP contribution in [0.25, 0.3) is 0 Å². The maximum Gasteiger partial charge on any atom is 0.223 e. The van der Waals surface area contributed by atoms with Crippen LogP contribution in [0, 0.1) is 13.8 Å². The van der Waals surface area contributed by atoms with E-state index in [-0.39, 0.29) is 11.9 Å². The third-order valence-corrected chi connectivity index (χ3v) is 5.26. The molecule has 0 N–H and O–H groups in total. The van der Waals surface area contributed by atoms with Crippen molar-refractivity contribution < 1.29 is 9.53 Å². The number of aromatic nitrogens is 2. The van der Waals surface area contributed by atoms with Crippen molar-refractivity contribution in [1.29, 1.82) is 0 Å². The van der Waals surface area contributed by atoms with Crippen molar-refractivity contribution in [2.24, 2.45) is 7.05 Å². The van der Waals surface area contributed by atoms with Crippen molar-refractivity contribution in [3.63, 3.8) is 0 Å². The quantitative estimate of drug-likeness (QED) is 0.838. The van der Waals surface area contributed by atoms with E-state index in [4.69, 9.17) is 4.74 Å². The number of nitrogens with zero attached hydrogens (tertiary/aromatic N) is 3. The predicted octanol–water partition coefficient (Wildman–Crippen LogP) is 3.34. The molecular formula is C20H27N3O2. The van der Waals surface area contributed by atoms with Crippen molar-refractivity contribution in [2.75, 3.05) is 13.7 Å². The van der Waals surface area contributed by atoms with Crippen molar-refractivity contribution in [2.45, 2.75) is 45.6 Å². The number of hydrogen-bond acceptors (Lipinski definition) is 3. The zero-order chi connectivity index (χ0) is 18.0. The summed E-state index contributed by atoms with van der Waals surface area (Å²) in [7, 11) is 3.63. The van der Waals surface area contributed by atoms with E-state index in [0.717, 1.165) is 42.9 Å². The molecular weight excluding hydrogens is 314 g/mol. The van der Waals surface area contributed by atoms with Crippen LogP contribution in [0.3, 0.4) is 0 Å². The fourth-order valence-corrected chi connectivity index (χ4v) is 3.82. The fourth-order valence-electron chi connectivity index (χ4n) is 3.82. The highest BCUT2D eigenvalue weighted by Gasteiger charge is 2.33. The molecule has 2 heterocycles. The van der Waals surface area contributed by atoms with E-state index in [2.05, 4.69) is 16.9 Å². The molecule has 5 nitrogen and oxygen atoms in total. The lowest BCUT2D eigenvalue weighted by atomic mass is 10.0. The molecule has 0 spiro atoms. The first-order chi connectivity index (χ1) is 12.0. The van der Waals surface area contributed by atoms with Crippen LogP contribution in [0.2, 0.25) is 0 Å². The van der Waals surface area contributed by atoms with E-state index in [1.165, 1.54) is 11.1 Å². The van der Waals surface area contributed by atoms with Gasteiger partial charge in [0.25, 0.3) is 0 Å². The van der Waals surface area contributed by atoms with Crippen LogP contribution in [0.4, 0.5) is 0 Å². The number of amides is 1. The molecule has 25 heavy (non-hydrogen) atoms. The molecule has 1 amide bonds. The summed E-state index contributed by atoms with van der Waals surface area (Å²) in [6.45, 7) is 4.98. The van der Waals surface area contributed by atoms with E-state index >= 15 is 0 Å². The van der Waals surface area contributed by atoms with Gasteiger partial charge in [-0.25, -0.2) is 0 Å². The molecule has 0 unspecified atom stereocenters. The molecule has 0 bridgehead atoms. The first kappa shape index (κ1) is 17.5. The van der Waals surface area contributed by atoms with Gasteiger partial charge < -0.3 is 9.64 Å². The highest BCUT2D eigenvalue weighted by Crippen LogP contribution is 2.35. The summed E-state index contributed by atoms with van der Waals surface area (Å²) in [4.78, 5) is 14.9. The number of ether oxygens (including phenoxy) is 1. The third kappa shape index (κ3) is 3.55. The van der Waals surface area contributed by atoms with Gasteiger partial charge in [0.15, 0.2) is 0 Å². The average Bonchev–Trinajstić information content (AvgIpc) is 3.18. The van der Waals surface area contributed by atoms with Crippen LogP contribution in [-0.4, -0.2) is 34.2 Å². The molecule has 1 fully saturated rings. The fraction of sp³-hybridized carbons (Fsp3) is 0.500. The highest BCUT2D eigenvalue weighted by atomic mass is 16.5. The maximum atomic E-state index is 12.8. The molecule has 0 aliphatic carbocycles. The second kappa shape index (κ2) is 7.30. The largest absolute Gasteiger partial charge is 0.497 e. The highest BCUT2D eigenvalue weighted by molar-refractivity contribution is 5.77. The number of likely N-dealkylation sites (tertiary alicyclic amines) is 1. The lowest BCUT2D eigenvalue weighted by Gasteiger charge is -2.25. The summed E-state index contributed by atoms with van der Waals surface area (Å²) in [6, 6.07) is 8.13. The van der Waals surface area contributed by atoms with Gasteiger partial charge in [0, 0.05) is 31.3 Å². The predicted molar refractivity (Wildman–Crippen MR) is 97.7 cm³/mol. The molecule has 1 atom stereocenters. The Labute approximate surface area is 149 Å². The summed E-state index contributed by atoms with van der Waals surface area (Å²) < 4.78 is 7.10. The zero-order valence-electron chi connectivity index (χ0n) is 15.6. The van der Waals surface area contributed by atoms with Crippen LogP contribution in [-0.2, 0) is 18.3 Å². The molecule has 1 aliphatic rings. The monoisotopic (exact) mass is 341 g/mol. The van der Waals surface area contributed by atoms with Crippen LogP contribution in [0.15, 0.2) is 24.3 Å². The van der Waals surface area contributed by atoms with Gasteiger partial charge in [-0.05, 0) is 50.8 Å². The number of aryl methyl sites for hydroxylation is 3. The molecule has 1 aliphatic heterocycles. The van der Waals surface area contributed by atoms with Crippen molar-refractivity contribution in [3.05, 3.63) is 46.8 Å². The summed E-state index contributed by atoms with van der Waals surface area (Å²) in [5, 5.41) is 4.53. The molecule has 3 rings (SSSR count). The van der Waals surface area contributed by atoms with E-state index in [0.29, 0.717) is 6.42 Å². The van der Waals surface area contributed by atoms with Crippen LogP contribution in [0.1, 0.15) is 47.8 Å². The van der Waals surface area contributed by atoms with Gasteiger partial charge in [-0.15, -0.1) is 0 Å². The van der Waals surface area contributed by atoms with Gasteiger partial charge >= 0.3 is 0 Å². The second-order valence-corrected chi connectivity index (χ2v) is 6.80. The first-order valence-corrected chi connectivity index (χ1v) is 8.93. The number of carbonyl (C=O) groups is 1. The molecule has 0 radical (unpaired) electrons. The molecule has 1 aromatic heterocycles. The van der Waals surface area contributed by atoms with Gasteiger partial charge in [0.1, 0.15) is 5.75 Å². The van der Waals surface area contributed by atoms with Crippen molar-refractivity contribution in [1.82, 2.24) is 14.7 Å². The van der Waals surface area contributed by atoms with E-state index < -0.39 is 0 Å². The van der Waals surface area contributed by atoms with Crippen LogP contribution in [0.5, 0.6) is 5.75 Å². The molecule has 1 aromatic carbocycles. The normalized spacial score (nSPS) is 17.1. The minimum Gasteiger partial charge on any atom is -0.497 e. The Kier molecular flexibility index (Phi) is 5.11. The van der Waals surface area contributed by atoms with Crippen molar-refractivity contribution >= 4 is 5.91 Å². The summed E-state index contributed by atoms with van der Waals surface area (Å²) in [5.74, 6) is 1.08. The number of carbonyl (C=O) groups excluding carboxylic acids is 1. The number of rotatable bonds is 5. The summed E-state index contributed by atoms with van der Waals surface area (Å²) in [5.41, 5.74) is 4.61. The van der Waals surface area contributed by atoms with Gasteiger partial charge in [-0.1, -0.05) is 12.1 Å². The Morgan fingerprint density at radius 3 is 2.60 bits per heavy atom. The smallest absolute Gasteiger partial charge is 0.223 e. The Morgan fingerprint density at radius 1 is 1.28 bits per heavy atom. The Hall–Kier alpha value is -2.30. The average molecular weight is 341 g/mol. The van der Waals surface area contributed by atoms with E-state index in [9.17, 15) is 4.79 Å².